The number of nitrogen functional groups attached to an aromatic ring is 1. The summed E-state index contributed by atoms with van der Waals surface area (Å²) in [6, 6.07) is 3.58. The number of rotatable bonds is 8. The van der Waals surface area contributed by atoms with Gasteiger partial charge in [0.1, 0.15) is 12.4 Å². The molecule has 2 heterocycles. The molecule has 31 heavy (non-hydrogen) atoms. The van der Waals surface area contributed by atoms with E-state index in [-0.39, 0.29) is 17.9 Å². The molecule has 10 heteroatoms. The van der Waals surface area contributed by atoms with Crippen LogP contribution in [0.5, 0.6) is 11.5 Å². The molecule has 3 N–H and O–H groups in total. The second-order valence-corrected chi connectivity index (χ2v) is 8.46. The van der Waals surface area contributed by atoms with Gasteiger partial charge in [-0.25, -0.2) is 4.98 Å². The summed E-state index contributed by atoms with van der Waals surface area (Å²) in [6.45, 7) is 9.00. The molecule has 1 saturated heterocycles. The van der Waals surface area contributed by atoms with Crippen molar-refractivity contribution in [1.29, 1.82) is 0 Å². The van der Waals surface area contributed by atoms with Gasteiger partial charge in [0.2, 0.25) is 5.95 Å². The predicted molar refractivity (Wildman–Crippen MR) is 120 cm³/mol. The van der Waals surface area contributed by atoms with Crippen LogP contribution < -0.4 is 25.4 Å². The van der Waals surface area contributed by atoms with Crippen molar-refractivity contribution in [3.05, 3.63) is 12.1 Å². The number of hydrogen-bond donors (Lipinski definition) is 2. The number of piperazine rings is 1. The molecule has 0 saturated carbocycles. The summed E-state index contributed by atoms with van der Waals surface area (Å²) >= 11 is 0. The van der Waals surface area contributed by atoms with Crippen LogP contribution in [0.2, 0.25) is 0 Å². The number of Topliss-reactive ketones (excluding diaryl/α,β-unsaturated/α-hetero) is 1. The topological polar surface area (TPSA) is 115 Å². The van der Waals surface area contributed by atoms with Crippen LogP contribution in [-0.4, -0.2) is 79.9 Å². The maximum absolute atomic E-state index is 12.0. The zero-order valence-corrected chi connectivity index (χ0v) is 18.9. The van der Waals surface area contributed by atoms with Gasteiger partial charge in [-0.1, -0.05) is 0 Å². The summed E-state index contributed by atoms with van der Waals surface area (Å²) in [7, 11) is 3.16. The number of hydrogen-bond acceptors (Lipinski definition) is 10. The Kier molecular flexibility index (Phi) is 7.14. The fourth-order valence-corrected chi connectivity index (χ4v) is 3.20. The molecule has 0 atom stereocenters. The number of carbonyl (C=O) groups is 1. The smallest absolute Gasteiger partial charge is 0.227 e. The van der Waals surface area contributed by atoms with Crippen LogP contribution in [0.3, 0.4) is 0 Å². The molecule has 1 fully saturated rings. The zero-order valence-electron chi connectivity index (χ0n) is 18.9. The Labute approximate surface area is 182 Å². The first-order chi connectivity index (χ1) is 14.7. The van der Waals surface area contributed by atoms with Crippen molar-refractivity contribution in [3.63, 3.8) is 0 Å². The molecule has 0 unspecified atom stereocenters. The van der Waals surface area contributed by atoms with E-state index in [1.165, 1.54) is 0 Å². The van der Waals surface area contributed by atoms with Gasteiger partial charge in [-0.3, -0.25) is 9.63 Å². The monoisotopic (exact) mass is 432 g/mol. The minimum Gasteiger partial charge on any atom is -0.493 e. The molecule has 2 aromatic rings. The molecule has 170 valence electrons. The van der Waals surface area contributed by atoms with Gasteiger partial charge in [-0.15, -0.1) is 0 Å². The van der Waals surface area contributed by atoms with E-state index in [1.54, 1.807) is 26.4 Å². The predicted octanol–water partition coefficient (Wildman–Crippen LogP) is 1.24. The van der Waals surface area contributed by atoms with Gasteiger partial charge < -0.3 is 25.4 Å². The van der Waals surface area contributed by atoms with E-state index >= 15 is 0 Å². The Morgan fingerprint density at radius 1 is 1.10 bits per heavy atom. The van der Waals surface area contributed by atoms with Crippen molar-refractivity contribution in [2.75, 3.05) is 64.2 Å². The Bertz CT molecular complexity index is 922. The maximum Gasteiger partial charge on any atom is 0.227 e. The van der Waals surface area contributed by atoms with Gasteiger partial charge in [0.05, 0.1) is 26.3 Å². The number of nitrogens with one attached hydrogen (secondary N) is 1. The molecule has 3 rings (SSSR count). The van der Waals surface area contributed by atoms with E-state index in [9.17, 15) is 4.79 Å². The minimum atomic E-state index is -0.0991. The molecule has 0 bridgehead atoms. The number of ketones is 1. The molecule has 10 nitrogen and oxygen atoms in total. The largest absolute Gasteiger partial charge is 0.493 e. The number of benzene rings is 1. The van der Waals surface area contributed by atoms with Gasteiger partial charge in [0.15, 0.2) is 17.3 Å². The zero-order chi connectivity index (χ0) is 22.6. The van der Waals surface area contributed by atoms with E-state index in [2.05, 4.69) is 20.2 Å². The van der Waals surface area contributed by atoms with Gasteiger partial charge in [-0.2, -0.15) is 10.0 Å². The van der Waals surface area contributed by atoms with E-state index in [0.717, 1.165) is 0 Å². The second kappa shape index (κ2) is 9.63. The van der Waals surface area contributed by atoms with E-state index in [4.69, 9.17) is 20.0 Å². The molecule has 1 aromatic heterocycles. The van der Waals surface area contributed by atoms with Crippen LogP contribution in [-0.2, 0) is 9.63 Å². The summed E-state index contributed by atoms with van der Waals surface area (Å²) in [4.78, 5) is 28.9. The van der Waals surface area contributed by atoms with E-state index in [1.807, 2.05) is 25.8 Å². The first-order valence-electron chi connectivity index (χ1n) is 10.3. The lowest BCUT2D eigenvalue weighted by atomic mass is 10.1. The number of hydroxylamine groups is 2. The Hall–Kier alpha value is -2.69. The lowest BCUT2D eigenvalue weighted by Gasteiger charge is -2.34. The highest BCUT2D eigenvalue weighted by Crippen LogP contribution is 2.34. The lowest BCUT2D eigenvalue weighted by Crippen LogP contribution is -2.48. The normalized spacial score (nSPS) is 15.3. The number of nitrogens with zero attached hydrogens (tertiary/aromatic N) is 4. The molecule has 0 aliphatic carbocycles. The number of aromatic nitrogens is 2. The molecular weight excluding hydrogens is 400 g/mol. The highest BCUT2D eigenvalue weighted by molar-refractivity contribution is 5.91. The van der Waals surface area contributed by atoms with Crippen LogP contribution in [0.1, 0.15) is 20.8 Å². The van der Waals surface area contributed by atoms with Crippen LogP contribution in [0, 0.1) is 0 Å². The number of nitrogens with two attached hydrogens (primary N) is 1. The van der Waals surface area contributed by atoms with Crippen molar-refractivity contribution in [2.45, 2.75) is 26.3 Å². The fourth-order valence-electron chi connectivity index (χ4n) is 3.20. The number of anilines is 2. The van der Waals surface area contributed by atoms with Crippen molar-refractivity contribution in [3.8, 4) is 11.5 Å². The lowest BCUT2D eigenvalue weighted by molar-refractivity contribution is -0.170. The Morgan fingerprint density at radius 3 is 2.35 bits per heavy atom. The van der Waals surface area contributed by atoms with Crippen molar-refractivity contribution >= 4 is 28.5 Å². The highest BCUT2D eigenvalue weighted by atomic mass is 16.7. The summed E-state index contributed by atoms with van der Waals surface area (Å²) in [6.07, 6.45) is 0. The Morgan fingerprint density at radius 2 is 1.74 bits per heavy atom. The van der Waals surface area contributed by atoms with Crippen LogP contribution in [0.15, 0.2) is 12.1 Å². The standard InChI is InChI=1S/C21H32N6O4/c1-21(2,3)23-12-14(28)13-31-27-8-6-26(7-9-27)20-24-16-11-18(30-5)17(29-4)10-15(16)19(22)25-20/h10-11,23H,6-9,12-13H2,1-5H3,(H2,22,24,25). The molecule has 0 radical (unpaired) electrons. The third-order valence-corrected chi connectivity index (χ3v) is 4.96. The number of methoxy groups -OCH3 is 2. The minimum absolute atomic E-state index is 0.0207. The first-order valence-corrected chi connectivity index (χ1v) is 10.3. The third kappa shape index (κ3) is 5.93. The second-order valence-electron chi connectivity index (χ2n) is 8.46. The summed E-state index contributed by atoms with van der Waals surface area (Å²) < 4.78 is 10.7. The number of ether oxygens (including phenoxy) is 2. The summed E-state index contributed by atoms with van der Waals surface area (Å²) in [5.41, 5.74) is 6.78. The van der Waals surface area contributed by atoms with Gasteiger partial charge in [0, 0.05) is 43.2 Å². The summed E-state index contributed by atoms with van der Waals surface area (Å²) in [5, 5.41) is 5.69. The molecular formula is C21H32N6O4. The number of fused-ring (bicyclic) bond motifs is 1. The molecule has 0 amide bonds. The summed E-state index contributed by atoms with van der Waals surface area (Å²) in [5.74, 6) is 2.13. The third-order valence-electron chi connectivity index (χ3n) is 4.96. The van der Waals surface area contributed by atoms with Gasteiger partial charge >= 0.3 is 0 Å². The quantitative estimate of drug-likeness (QED) is 0.631. The molecule has 0 spiro atoms. The first kappa shape index (κ1) is 23.0. The SMILES string of the molecule is COc1cc2nc(N3CCN(OCC(=O)CNC(C)(C)C)CC3)nc(N)c2cc1OC. The average molecular weight is 433 g/mol. The van der Waals surface area contributed by atoms with Crippen LogP contribution in [0.25, 0.3) is 10.9 Å². The maximum atomic E-state index is 12.0. The molecule has 1 aliphatic rings. The van der Waals surface area contributed by atoms with Crippen molar-refractivity contribution in [1.82, 2.24) is 20.3 Å². The molecule has 1 aromatic carbocycles. The van der Waals surface area contributed by atoms with Gasteiger partial charge in [-0.05, 0) is 26.8 Å². The van der Waals surface area contributed by atoms with E-state index < -0.39 is 0 Å². The number of carbonyl (C=O) groups excluding carboxylic acids is 1. The van der Waals surface area contributed by atoms with Crippen molar-refractivity contribution in [2.24, 2.45) is 0 Å². The highest BCUT2D eigenvalue weighted by Gasteiger charge is 2.22. The fraction of sp³-hybridized carbons (Fsp3) is 0.571. The van der Waals surface area contributed by atoms with Crippen LogP contribution >= 0.6 is 0 Å². The van der Waals surface area contributed by atoms with Gasteiger partial charge in [0.25, 0.3) is 0 Å². The molecule has 1 aliphatic heterocycles. The van der Waals surface area contributed by atoms with Crippen molar-refractivity contribution < 1.29 is 19.1 Å². The van der Waals surface area contributed by atoms with E-state index in [0.29, 0.717) is 66.9 Å². The van der Waals surface area contributed by atoms with Crippen LogP contribution in [0.4, 0.5) is 11.8 Å². The Balaban J connectivity index is 1.59. The average Bonchev–Trinajstić information content (AvgIpc) is 2.75.